The summed E-state index contributed by atoms with van der Waals surface area (Å²) >= 11 is 0. The molecule has 1 saturated carbocycles. The number of hydrogen-bond acceptors (Lipinski definition) is 2. The van der Waals surface area contributed by atoms with Gasteiger partial charge in [0, 0.05) is 6.04 Å². The van der Waals surface area contributed by atoms with Gasteiger partial charge in [0.15, 0.2) is 0 Å². The molecule has 2 rings (SSSR count). The van der Waals surface area contributed by atoms with Gasteiger partial charge in [-0.1, -0.05) is 26.3 Å². The fraction of sp³-hybridized carbons (Fsp3) is 0.562. The van der Waals surface area contributed by atoms with Gasteiger partial charge < -0.3 is 5.32 Å². The van der Waals surface area contributed by atoms with E-state index in [4.69, 9.17) is 0 Å². The van der Waals surface area contributed by atoms with Gasteiger partial charge >= 0.3 is 0 Å². The summed E-state index contributed by atoms with van der Waals surface area (Å²) in [5.74, 6) is 0. The fourth-order valence-corrected chi connectivity index (χ4v) is 2.92. The van der Waals surface area contributed by atoms with Crippen LogP contribution in [-0.4, -0.2) is 6.04 Å². The maximum absolute atomic E-state index is 9.19. The van der Waals surface area contributed by atoms with E-state index in [-0.39, 0.29) is 0 Å². The largest absolute Gasteiger partial charge is 0.381 e. The predicted molar refractivity (Wildman–Crippen MR) is 75.6 cm³/mol. The number of hydrogen-bond donors (Lipinski definition) is 1. The molecule has 2 heteroatoms. The van der Waals surface area contributed by atoms with Gasteiger partial charge in [-0.15, -0.1) is 0 Å². The lowest BCUT2D eigenvalue weighted by Crippen LogP contribution is -2.31. The molecule has 1 N–H and O–H groups in total. The third-order valence-electron chi connectivity index (χ3n) is 3.86. The number of nitriles is 1. The SMILES string of the molecule is Cc1ccc(NC2CCCC(C)(C)C2)c(C#N)c1. The first-order chi connectivity index (χ1) is 8.50. The number of anilines is 1. The van der Waals surface area contributed by atoms with Crippen molar-refractivity contribution in [3.05, 3.63) is 29.3 Å². The normalized spacial score (nSPS) is 22.2. The van der Waals surface area contributed by atoms with Crippen LogP contribution in [-0.2, 0) is 0 Å². The standard InChI is InChI=1S/C16H22N2/c1-12-6-7-15(13(9-12)11-17)18-14-5-4-8-16(2,3)10-14/h6-7,9,14,18H,4-5,8,10H2,1-3H3. The van der Waals surface area contributed by atoms with Gasteiger partial charge in [0.1, 0.15) is 6.07 Å². The Balaban J connectivity index is 2.12. The molecule has 1 aromatic rings. The molecule has 2 nitrogen and oxygen atoms in total. The summed E-state index contributed by atoms with van der Waals surface area (Å²) in [4.78, 5) is 0. The van der Waals surface area contributed by atoms with E-state index in [1.165, 1.54) is 25.7 Å². The van der Waals surface area contributed by atoms with Crippen molar-refractivity contribution in [2.75, 3.05) is 5.32 Å². The van der Waals surface area contributed by atoms with Gasteiger partial charge in [-0.2, -0.15) is 5.26 Å². The Morgan fingerprint density at radius 2 is 2.17 bits per heavy atom. The second-order valence-electron chi connectivity index (χ2n) is 6.26. The number of benzene rings is 1. The second-order valence-corrected chi connectivity index (χ2v) is 6.26. The molecule has 0 aliphatic heterocycles. The first-order valence-corrected chi connectivity index (χ1v) is 6.77. The maximum atomic E-state index is 9.19. The lowest BCUT2D eigenvalue weighted by atomic mass is 9.75. The minimum absolute atomic E-state index is 0.424. The van der Waals surface area contributed by atoms with Gasteiger partial charge in [0.2, 0.25) is 0 Å². The highest BCUT2D eigenvalue weighted by Gasteiger charge is 2.28. The minimum Gasteiger partial charge on any atom is -0.381 e. The number of aryl methyl sites for hydroxylation is 1. The van der Waals surface area contributed by atoms with Gasteiger partial charge in [-0.3, -0.25) is 0 Å². The van der Waals surface area contributed by atoms with Crippen molar-refractivity contribution < 1.29 is 0 Å². The zero-order chi connectivity index (χ0) is 13.2. The molecule has 0 amide bonds. The van der Waals surface area contributed by atoms with E-state index in [0.29, 0.717) is 11.5 Å². The van der Waals surface area contributed by atoms with Crippen molar-refractivity contribution in [2.24, 2.45) is 5.41 Å². The first kappa shape index (κ1) is 13.0. The van der Waals surface area contributed by atoms with Crippen molar-refractivity contribution in [2.45, 2.75) is 52.5 Å². The maximum Gasteiger partial charge on any atom is 0.101 e. The zero-order valence-corrected chi connectivity index (χ0v) is 11.6. The smallest absolute Gasteiger partial charge is 0.101 e. The molecule has 0 heterocycles. The number of rotatable bonds is 2. The fourth-order valence-electron chi connectivity index (χ4n) is 2.92. The molecule has 18 heavy (non-hydrogen) atoms. The third-order valence-corrected chi connectivity index (χ3v) is 3.86. The van der Waals surface area contributed by atoms with E-state index >= 15 is 0 Å². The Bertz CT molecular complexity index is 468. The molecule has 1 atom stereocenters. The van der Waals surface area contributed by atoms with Crippen LogP contribution >= 0.6 is 0 Å². The minimum atomic E-state index is 0.424. The van der Waals surface area contributed by atoms with Gasteiger partial charge in [0.25, 0.3) is 0 Å². The van der Waals surface area contributed by atoms with E-state index in [1.54, 1.807) is 0 Å². The van der Waals surface area contributed by atoms with Crippen LogP contribution in [0, 0.1) is 23.7 Å². The summed E-state index contributed by atoms with van der Waals surface area (Å²) in [6.45, 7) is 6.69. The van der Waals surface area contributed by atoms with Gasteiger partial charge in [0.05, 0.1) is 11.3 Å². The van der Waals surface area contributed by atoms with E-state index in [2.05, 4.69) is 31.3 Å². The van der Waals surface area contributed by atoms with E-state index < -0.39 is 0 Å². The molecule has 0 aromatic heterocycles. The Morgan fingerprint density at radius 3 is 2.83 bits per heavy atom. The van der Waals surface area contributed by atoms with Crippen LogP contribution < -0.4 is 5.32 Å². The molecule has 1 unspecified atom stereocenters. The molecule has 1 aromatic carbocycles. The molecule has 0 spiro atoms. The Hall–Kier alpha value is -1.49. The lowest BCUT2D eigenvalue weighted by Gasteiger charge is -2.36. The molecule has 0 bridgehead atoms. The number of nitrogens with one attached hydrogen (secondary N) is 1. The van der Waals surface area contributed by atoms with Crippen molar-refractivity contribution in [3.8, 4) is 6.07 Å². The molecule has 0 radical (unpaired) electrons. The summed E-state index contributed by atoms with van der Waals surface area (Å²) in [7, 11) is 0. The summed E-state index contributed by atoms with van der Waals surface area (Å²) in [5.41, 5.74) is 3.32. The summed E-state index contributed by atoms with van der Waals surface area (Å²) in [5, 5.41) is 12.7. The van der Waals surface area contributed by atoms with E-state index in [1.807, 2.05) is 19.1 Å². The van der Waals surface area contributed by atoms with Crippen LogP contribution in [0.3, 0.4) is 0 Å². The highest BCUT2D eigenvalue weighted by atomic mass is 14.9. The molecule has 1 aliphatic carbocycles. The van der Waals surface area contributed by atoms with Crippen LogP contribution in [0.5, 0.6) is 0 Å². The summed E-state index contributed by atoms with van der Waals surface area (Å²) in [6, 6.07) is 8.85. The van der Waals surface area contributed by atoms with Crippen molar-refractivity contribution in [1.29, 1.82) is 5.26 Å². The van der Waals surface area contributed by atoms with Crippen LogP contribution in [0.15, 0.2) is 18.2 Å². The van der Waals surface area contributed by atoms with Gasteiger partial charge in [-0.05, 0) is 49.3 Å². The molecular formula is C16H22N2. The van der Waals surface area contributed by atoms with E-state index in [9.17, 15) is 5.26 Å². The van der Waals surface area contributed by atoms with Crippen LogP contribution in [0.1, 0.15) is 50.7 Å². The monoisotopic (exact) mass is 242 g/mol. The Kier molecular flexibility index (Phi) is 3.61. The van der Waals surface area contributed by atoms with Crippen molar-refractivity contribution >= 4 is 5.69 Å². The third kappa shape index (κ3) is 3.04. The molecule has 1 fully saturated rings. The predicted octanol–water partition coefficient (Wildman–Crippen LogP) is 4.25. The molecular weight excluding hydrogens is 220 g/mol. The average molecular weight is 242 g/mol. The van der Waals surface area contributed by atoms with Crippen LogP contribution in [0.2, 0.25) is 0 Å². The zero-order valence-electron chi connectivity index (χ0n) is 11.6. The summed E-state index contributed by atoms with van der Waals surface area (Å²) in [6.07, 6.45) is 4.98. The quantitative estimate of drug-likeness (QED) is 0.841. The molecule has 96 valence electrons. The highest BCUT2D eigenvalue weighted by Crippen LogP contribution is 2.36. The van der Waals surface area contributed by atoms with Gasteiger partial charge in [-0.25, -0.2) is 0 Å². The second kappa shape index (κ2) is 5.02. The molecule has 0 saturated heterocycles. The average Bonchev–Trinajstić information content (AvgIpc) is 2.30. The summed E-state index contributed by atoms with van der Waals surface area (Å²) < 4.78 is 0. The van der Waals surface area contributed by atoms with Crippen molar-refractivity contribution in [1.82, 2.24) is 0 Å². The lowest BCUT2D eigenvalue weighted by molar-refractivity contribution is 0.229. The Labute approximate surface area is 110 Å². The highest BCUT2D eigenvalue weighted by molar-refractivity contribution is 5.59. The molecule has 1 aliphatic rings. The van der Waals surface area contributed by atoms with Crippen LogP contribution in [0.25, 0.3) is 0 Å². The van der Waals surface area contributed by atoms with E-state index in [0.717, 1.165) is 16.8 Å². The van der Waals surface area contributed by atoms with Crippen molar-refractivity contribution in [3.63, 3.8) is 0 Å². The number of nitrogens with zero attached hydrogens (tertiary/aromatic N) is 1. The topological polar surface area (TPSA) is 35.8 Å². The van der Waals surface area contributed by atoms with Crippen LogP contribution in [0.4, 0.5) is 5.69 Å². The first-order valence-electron chi connectivity index (χ1n) is 6.77. The Morgan fingerprint density at radius 1 is 1.39 bits per heavy atom.